The average molecular weight is 301 g/mol. The van der Waals surface area contributed by atoms with Crippen LogP contribution in [0.5, 0.6) is 5.75 Å². The minimum absolute atomic E-state index is 0.205. The Labute approximate surface area is 123 Å². The van der Waals surface area contributed by atoms with Gasteiger partial charge >= 0.3 is 6.18 Å². The second-order valence-corrected chi connectivity index (χ2v) is 5.62. The van der Waals surface area contributed by atoms with Crippen molar-refractivity contribution in [3.8, 4) is 5.75 Å². The van der Waals surface area contributed by atoms with Crippen LogP contribution >= 0.6 is 0 Å². The van der Waals surface area contributed by atoms with Gasteiger partial charge in [-0.15, -0.1) is 0 Å². The predicted octanol–water partition coefficient (Wildman–Crippen LogP) is 4.93. The van der Waals surface area contributed by atoms with Crippen LogP contribution in [0.25, 0.3) is 0 Å². The normalized spacial score (nSPS) is 22.9. The molecule has 1 aliphatic rings. The van der Waals surface area contributed by atoms with E-state index in [1.165, 1.54) is 0 Å². The van der Waals surface area contributed by atoms with Crippen LogP contribution in [0, 0.1) is 12.8 Å². The smallest absolute Gasteiger partial charge is 0.393 e. The van der Waals surface area contributed by atoms with Crippen LogP contribution in [0.1, 0.15) is 38.2 Å². The summed E-state index contributed by atoms with van der Waals surface area (Å²) in [4.78, 5) is 0. The first-order chi connectivity index (χ1) is 9.91. The van der Waals surface area contributed by atoms with Gasteiger partial charge < -0.3 is 10.1 Å². The Morgan fingerprint density at radius 3 is 2.62 bits per heavy atom. The zero-order valence-corrected chi connectivity index (χ0v) is 12.5. The van der Waals surface area contributed by atoms with Crippen LogP contribution in [0.4, 0.5) is 18.9 Å². The average Bonchev–Trinajstić information content (AvgIpc) is 2.41. The van der Waals surface area contributed by atoms with Crippen LogP contribution in [0.15, 0.2) is 18.2 Å². The number of benzene rings is 1. The number of aryl methyl sites for hydroxylation is 1. The van der Waals surface area contributed by atoms with E-state index in [9.17, 15) is 13.2 Å². The molecule has 0 aromatic heterocycles. The lowest BCUT2D eigenvalue weighted by atomic mass is 9.84. The summed E-state index contributed by atoms with van der Waals surface area (Å²) in [5.74, 6) is -0.647. The van der Waals surface area contributed by atoms with Gasteiger partial charge in [-0.05, 0) is 44.4 Å². The Morgan fingerprint density at radius 2 is 1.95 bits per heavy atom. The van der Waals surface area contributed by atoms with Crippen molar-refractivity contribution in [1.29, 1.82) is 0 Å². The van der Waals surface area contributed by atoms with Gasteiger partial charge in [0, 0.05) is 6.04 Å². The Bertz CT molecular complexity index is 473. The largest absolute Gasteiger partial charge is 0.492 e. The van der Waals surface area contributed by atoms with Gasteiger partial charge in [-0.25, -0.2) is 0 Å². The fourth-order valence-electron chi connectivity index (χ4n) is 2.92. The molecule has 118 valence electrons. The molecule has 1 fully saturated rings. The topological polar surface area (TPSA) is 21.3 Å². The van der Waals surface area contributed by atoms with Gasteiger partial charge in [0.05, 0.1) is 18.2 Å². The number of nitrogens with one attached hydrogen (secondary N) is 1. The quantitative estimate of drug-likeness (QED) is 0.851. The molecular formula is C16H22F3NO. The molecule has 0 saturated heterocycles. The van der Waals surface area contributed by atoms with E-state index in [4.69, 9.17) is 4.74 Å². The molecule has 0 bridgehead atoms. The van der Waals surface area contributed by atoms with E-state index >= 15 is 0 Å². The summed E-state index contributed by atoms with van der Waals surface area (Å²) < 4.78 is 44.9. The molecule has 1 aromatic carbocycles. The summed E-state index contributed by atoms with van der Waals surface area (Å²) in [7, 11) is 0. The predicted molar refractivity (Wildman–Crippen MR) is 77.8 cm³/mol. The first-order valence-corrected chi connectivity index (χ1v) is 7.48. The monoisotopic (exact) mass is 301 g/mol. The highest BCUT2D eigenvalue weighted by Gasteiger charge is 2.45. The third-order valence-electron chi connectivity index (χ3n) is 3.96. The molecule has 2 rings (SSSR count). The standard InChI is InChI=1S/C16H22F3NO/c1-3-21-15-10-11(2)8-9-14(15)20-13-7-5-4-6-12(13)16(17,18)19/h8-10,12-13,20H,3-7H2,1-2H3. The van der Waals surface area contributed by atoms with Crippen molar-refractivity contribution in [3.63, 3.8) is 0 Å². The number of rotatable bonds is 4. The molecule has 0 aliphatic heterocycles. The maximum absolute atomic E-state index is 13.1. The number of hydrogen-bond acceptors (Lipinski definition) is 2. The molecule has 21 heavy (non-hydrogen) atoms. The first-order valence-electron chi connectivity index (χ1n) is 7.48. The van der Waals surface area contributed by atoms with Crippen molar-refractivity contribution >= 4 is 5.69 Å². The van der Waals surface area contributed by atoms with Crippen LogP contribution < -0.4 is 10.1 Å². The van der Waals surface area contributed by atoms with E-state index in [0.717, 1.165) is 12.0 Å². The third kappa shape index (κ3) is 4.05. The van der Waals surface area contributed by atoms with Gasteiger partial charge in [-0.3, -0.25) is 0 Å². The molecule has 0 radical (unpaired) electrons. The highest BCUT2D eigenvalue weighted by molar-refractivity contribution is 5.58. The van der Waals surface area contributed by atoms with Gasteiger partial charge in [0.15, 0.2) is 0 Å². The molecule has 1 saturated carbocycles. The second kappa shape index (κ2) is 6.58. The van der Waals surface area contributed by atoms with Crippen LogP contribution in [0.2, 0.25) is 0 Å². The van der Waals surface area contributed by atoms with Crippen LogP contribution in [-0.4, -0.2) is 18.8 Å². The van der Waals surface area contributed by atoms with Gasteiger partial charge in [0.1, 0.15) is 5.75 Å². The number of halogens is 3. The summed E-state index contributed by atoms with van der Waals surface area (Å²) in [6.45, 7) is 4.29. The minimum Gasteiger partial charge on any atom is -0.492 e. The Kier molecular flexibility index (Phi) is 5.01. The lowest BCUT2D eigenvalue weighted by Gasteiger charge is -2.34. The Balaban J connectivity index is 2.19. The first kappa shape index (κ1) is 16.0. The molecule has 0 amide bonds. The molecule has 2 atom stereocenters. The van der Waals surface area contributed by atoms with Crippen LogP contribution in [-0.2, 0) is 0 Å². The van der Waals surface area contributed by atoms with Gasteiger partial charge in [-0.2, -0.15) is 13.2 Å². The SMILES string of the molecule is CCOc1cc(C)ccc1NC1CCCCC1C(F)(F)F. The fraction of sp³-hybridized carbons (Fsp3) is 0.625. The summed E-state index contributed by atoms with van der Waals surface area (Å²) in [6, 6.07) is 4.98. The van der Waals surface area contributed by atoms with Crippen molar-refractivity contribution in [2.45, 2.75) is 51.7 Å². The van der Waals surface area contributed by atoms with Gasteiger partial charge in [0.25, 0.3) is 0 Å². The van der Waals surface area contributed by atoms with Gasteiger partial charge in [-0.1, -0.05) is 18.9 Å². The summed E-state index contributed by atoms with van der Waals surface area (Å²) in [5.41, 5.74) is 1.68. The van der Waals surface area contributed by atoms with Crippen molar-refractivity contribution < 1.29 is 17.9 Å². The van der Waals surface area contributed by atoms with Gasteiger partial charge in [0.2, 0.25) is 0 Å². The zero-order valence-electron chi connectivity index (χ0n) is 12.5. The lowest BCUT2D eigenvalue weighted by molar-refractivity contribution is -0.184. The van der Waals surface area contributed by atoms with Crippen molar-refractivity contribution in [2.24, 2.45) is 5.92 Å². The maximum atomic E-state index is 13.1. The molecule has 2 nitrogen and oxygen atoms in total. The highest BCUT2D eigenvalue weighted by Crippen LogP contribution is 2.40. The molecular weight excluding hydrogens is 279 g/mol. The number of hydrogen-bond donors (Lipinski definition) is 1. The van der Waals surface area contributed by atoms with E-state index < -0.39 is 18.1 Å². The zero-order chi connectivity index (χ0) is 15.5. The molecule has 0 spiro atoms. The van der Waals surface area contributed by atoms with Crippen molar-refractivity contribution in [1.82, 2.24) is 0 Å². The van der Waals surface area contributed by atoms with Crippen LogP contribution in [0.3, 0.4) is 0 Å². The molecule has 2 unspecified atom stereocenters. The minimum atomic E-state index is -4.14. The third-order valence-corrected chi connectivity index (χ3v) is 3.96. The van der Waals surface area contributed by atoms with E-state index in [-0.39, 0.29) is 6.42 Å². The summed E-state index contributed by atoms with van der Waals surface area (Å²) in [5, 5.41) is 3.07. The fourth-order valence-corrected chi connectivity index (χ4v) is 2.92. The van der Waals surface area contributed by atoms with Crippen molar-refractivity contribution in [2.75, 3.05) is 11.9 Å². The Hall–Kier alpha value is -1.39. The molecule has 5 heteroatoms. The molecule has 1 aliphatic carbocycles. The number of alkyl halides is 3. The lowest BCUT2D eigenvalue weighted by Crippen LogP contribution is -2.41. The summed E-state index contributed by atoms with van der Waals surface area (Å²) >= 11 is 0. The number of anilines is 1. The van der Waals surface area contributed by atoms with Crippen molar-refractivity contribution in [3.05, 3.63) is 23.8 Å². The summed E-state index contributed by atoms with van der Waals surface area (Å²) in [6.07, 6.45) is -1.91. The molecule has 1 N–H and O–H groups in total. The van der Waals surface area contributed by atoms with E-state index in [0.29, 0.717) is 30.9 Å². The molecule has 0 heterocycles. The van der Waals surface area contributed by atoms with E-state index in [2.05, 4.69) is 5.32 Å². The maximum Gasteiger partial charge on any atom is 0.393 e. The Morgan fingerprint density at radius 1 is 1.24 bits per heavy atom. The highest BCUT2D eigenvalue weighted by atomic mass is 19.4. The molecule has 1 aromatic rings. The number of ether oxygens (including phenoxy) is 1. The van der Waals surface area contributed by atoms with E-state index in [1.807, 2.05) is 32.0 Å². The second-order valence-electron chi connectivity index (χ2n) is 5.62. The van der Waals surface area contributed by atoms with E-state index in [1.54, 1.807) is 0 Å².